The smallest absolute Gasteiger partial charge is 0.272 e. The van der Waals surface area contributed by atoms with Crippen LogP contribution in [-0.4, -0.2) is 22.6 Å². The van der Waals surface area contributed by atoms with Gasteiger partial charge in [0.2, 0.25) is 0 Å². The van der Waals surface area contributed by atoms with Crippen molar-refractivity contribution in [1.82, 2.24) is 9.99 Å². The molecule has 2 aromatic heterocycles. The maximum absolute atomic E-state index is 13.7. The van der Waals surface area contributed by atoms with Crippen LogP contribution in [0.25, 0.3) is 5.00 Å². The summed E-state index contributed by atoms with van der Waals surface area (Å²) in [5.74, 6) is -0.522. The van der Waals surface area contributed by atoms with Gasteiger partial charge in [-0.1, -0.05) is 40.9 Å². The molecule has 0 saturated carbocycles. The van der Waals surface area contributed by atoms with Crippen LogP contribution in [0.3, 0.4) is 0 Å². The van der Waals surface area contributed by atoms with Gasteiger partial charge in [0.15, 0.2) is 0 Å². The Labute approximate surface area is 241 Å². The zero-order chi connectivity index (χ0) is 27.7. The fourth-order valence-corrected chi connectivity index (χ4v) is 6.89. The van der Waals surface area contributed by atoms with Crippen LogP contribution in [0, 0.1) is 20.8 Å². The first-order valence-electron chi connectivity index (χ1n) is 12.7. The molecule has 2 N–H and O–H groups in total. The zero-order valence-corrected chi connectivity index (χ0v) is 24.2. The van der Waals surface area contributed by atoms with Gasteiger partial charge >= 0.3 is 0 Å². The molecule has 0 aliphatic heterocycles. The molecule has 2 amide bonds. The molecule has 4 aromatic rings. The third kappa shape index (κ3) is 5.66. The average molecular weight is 580 g/mol. The van der Waals surface area contributed by atoms with Crippen molar-refractivity contribution in [3.63, 3.8) is 0 Å². The Morgan fingerprint density at radius 2 is 1.72 bits per heavy atom. The minimum absolute atomic E-state index is 0.0944. The second-order valence-corrected chi connectivity index (χ2v) is 11.6. The van der Waals surface area contributed by atoms with Crippen molar-refractivity contribution in [2.75, 3.05) is 5.32 Å². The van der Waals surface area contributed by atoms with Crippen molar-refractivity contribution in [2.45, 2.75) is 46.5 Å². The molecule has 9 heteroatoms. The van der Waals surface area contributed by atoms with E-state index in [9.17, 15) is 9.59 Å². The molecule has 6 nitrogen and oxygen atoms in total. The number of fused-ring (bicyclic) bond motifs is 1. The zero-order valence-electron chi connectivity index (χ0n) is 21.9. The predicted octanol–water partition coefficient (Wildman–Crippen LogP) is 7.67. The molecule has 0 radical (unpaired) electrons. The normalized spacial score (nSPS) is 12.9. The standard InChI is InChI=1S/C30H28Cl2N4O2S/c1-17-8-11-22(12-9-17)34-29(38)27-24-6-4-5-7-26(24)39-30(27)36-18(2)14-20(19(36)3)16-33-35-28(37)23-13-10-21(31)15-25(23)32/h8-16H,4-7H2,1-3H3,(H,34,38)(H,35,37)/b33-16-. The number of benzene rings is 2. The van der Waals surface area contributed by atoms with E-state index in [-0.39, 0.29) is 16.5 Å². The van der Waals surface area contributed by atoms with Crippen LogP contribution < -0.4 is 10.7 Å². The lowest BCUT2D eigenvalue weighted by atomic mass is 9.95. The van der Waals surface area contributed by atoms with E-state index in [0.717, 1.165) is 70.0 Å². The first-order valence-corrected chi connectivity index (χ1v) is 14.3. The number of halogens is 2. The number of aromatic nitrogens is 1. The number of nitrogens with zero attached hydrogens (tertiary/aromatic N) is 2. The topological polar surface area (TPSA) is 75.5 Å². The largest absolute Gasteiger partial charge is 0.322 e. The van der Waals surface area contributed by atoms with Gasteiger partial charge in [-0.3, -0.25) is 9.59 Å². The number of hydrogen-bond acceptors (Lipinski definition) is 4. The Hall–Kier alpha value is -3.39. The van der Waals surface area contributed by atoms with Crippen molar-refractivity contribution in [3.8, 4) is 5.00 Å². The Morgan fingerprint density at radius 1 is 0.974 bits per heavy atom. The SMILES string of the molecule is Cc1ccc(NC(=O)c2c(-n3c(C)cc(/C=N\NC(=O)c4ccc(Cl)cc4Cl)c3C)sc3c2CCCC3)cc1. The van der Waals surface area contributed by atoms with Crippen LogP contribution in [-0.2, 0) is 12.8 Å². The van der Waals surface area contributed by atoms with Crippen molar-refractivity contribution >= 4 is 58.3 Å². The summed E-state index contributed by atoms with van der Waals surface area (Å²) in [7, 11) is 0. The number of hydrazone groups is 1. The first kappa shape index (κ1) is 27.2. The van der Waals surface area contributed by atoms with E-state index < -0.39 is 5.91 Å². The number of rotatable bonds is 6. The molecular weight excluding hydrogens is 551 g/mol. The molecule has 0 atom stereocenters. The van der Waals surface area contributed by atoms with E-state index in [4.69, 9.17) is 23.2 Å². The van der Waals surface area contributed by atoms with Gasteiger partial charge in [0.25, 0.3) is 11.8 Å². The third-order valence-corrected chi connectivity index (χ3v) is 8.73. The Morgan fingerprint density at radius 3 is 2.46 bits per heavy atom. The molecule has 0 fully saturated rings. The lowest BCUT2D eigenvalue weighted by molar-refractivity contribution is 0.0954. The summed E-state index contributed by atoms with van der Waals surface area (Å²) >= 11 is 13.8. The van der Waals surface area contributed by atoms with E-state index in [0.29, 0.717) is 5.02 Å². The summed E-state index contributed by atoms with van der Waals surface area (Å²) in [6.07, 6.45) is 5.70. The number of thiophene rings is 1. The number of anilines is 1. The van der Waals surface area contributed by atoms with Gasteiger partial charge in [0, 0.05) is 32.5 Å². The minimum atomic E-state index is -0.428. The van der Waals surface area contributed by atoms with E-state index in [1.54, 1.807) is 29.7 Å². The summed E-state index contributed by atoms with van der Waals surface area (Å²) in [6, 6.07) is 14.5. The van der Waals surface area contributed by atoms with Crippen molar-refractivity contribution in [2.24, 2.45) is 5.10 Å². The van der Waals surface area contributed by atoms with E-state index in [2.05, 4.69) is 20.4 Å². The van der Waals surface area contributed by atoms with Gasteiger partial charge in [0.1, 0.15) is 5.00 Å². The average Bonchev–Trinajstić information content (AvgIpc) is 3.41. The van der Waals surface area contributed by atoms with Gasteiger partial charge in [-0.2, -0.15) is 5.10 Å². The molecule has 0 saturated heterocycles. The molecule has 2 aromatic carbocycles. The molecule has 1 aliphatic carbocycles. The molecule has 200 valence electrons. The van der Waals surface area contributed by atoms with E-state index in [1.165, 1.54) is 10.9 Å². The fraction of sp³-hybridized carbons (Fsp3) is 0.233. The molecule has 0 spiro atoms. The summed E-state index contributed by atoms with van der Waals surface area (Å²) < 4.78 is 2.12. The van der Waals surface area contributed by atoms with Crippen LogP contribution in [0.2, 0.25) is 10.0 Å². The molecule has 39 heavy (non-hydrogen) atoms. The van der Waals surface area contributed by atoms with Gasteiger partial charge in [0.05, 0.1) is 22.4 Å². The minimum Gasteiger partial charge on any atom is -0.322 e. The van der Waals surface area contributed by atoms with E-state index >= 15 is 0 Å². The molecule has 1 aliphatic rings. The van der Waals surface area contributed by atoms with E-state index in [1.807, 2.05) is 51.1 Å². The fourth-order valence-electron chi connectivity index (χ4n) is 4.90. The second-order valence-electron chi connectivity index (χ2n) is 9.70. The highest BCUT2D eigenvalue weighted by atomic mass is 35.5. The Balaban J connectivity index is 1.45. The second kappa shape index (κ2) is 11.4. The van der Waals surface area contributed by atoms with Crippen LogP contribution in [0.15, 0.2) is 53.6 Å². The number of amides is 2. The van der Waals surface area contributed by atoms with Crippen molar-refractivity contribution in [1.29, 1.82) is 0 Å². The Bertz CT molecular complexity index is 1600. The highest BCUT2D eigenvalue weighted by molar-refractivity contribution is 7.15. The van der Waals surface area contributed by atoms with Gasteiger partial charge < -0.3 is 9.88 Å². The number of carbonyl (C=O) groups is 2. The molecule has 5 rings (SSSR count). The van der Waals surface area contributed by atoms with Crippen molar-refractivity contribution in [3.05, 3.63) is 103 Å². The predicted molar refractivity (Wildman–Crippen MR) is 160 cm³/mol. The van der Waals surface area contributed by atoms with Crippen LogP contribution in [0.5, 0.6) is 0 Å². The Kier molecular flexibility index (Phi) is 7.93. The lowest BCUT2D eigenvalue weighted by Crippen LogP contribution is -2.18. The summed E-state index contributed by atoms with van der Waals surface area (Å²) in [5, 5.41) is 8.90. The maximum atomic E-state index is 13.7. The maximum Gasteiger partial charge on any atom is 0.272 e. The number of nitrogens with one attached hydrogen (secondary N) is 2. The molecule has 2 heterocycles. The quantitative estimate of drug-likeness (QED) is 0.182. The van der Waals surface area contributed by atoms with Crippen LogP contribution >= 0.6 is 34.5 Å². The highest BCUT2D eigenvalue weighted by Gasteiger charge is 2.28. The van der Waals surface area contributed by atoms with Gasteiger partial charge in [-0.05, 0) is 88.4 Å². The monoisotopic (exact) mass is 578 g/mol. The molecule has 0 unspecified atom stereocenters. The van der Waals surface area contributed by atoms with Gasteiger partial charge in [-0.15, -0.1) is 11.3 Å². The van der Waals surface area contributed by atoms with Crippen LogP contribution in [0.1, 0.15) is 66.5 Å². The third-order valence-electron chi connectivity index (χ3n) is 6.91. The number of carbonyl (C=O) groups excluding carboxylic acids is 2. The van der Waals surface area contributed by atoms with Crippen molar-refractivity contribution < 1.29 is 9.59 Å². The molecule has 0 bridgehead atoms. The van der Waals surface area contributed by atoms with Crippen LogP contribution in [0.4, 0.5) is 5.69 Å². The summed E-state index contributed by atoms with van der Waals surface area (Å²) in [4.78, 5) is 27.5. The summed E-state index contributed by atoms with van der Waals surface area (Å²) in [5.41, 5.74) is 9.38. The number of hydrogen-bond donors (Lipinski definition) is 2. The summed E-state index contributed by atoms with van der Waals surface area (Å²) in [6.45, 7) is 6.03. The molecular formula is C30H28Cl2N4O2S. The lowest BCUT2D eigenvalue weighted by Gasteiger charge is -2.14. The first-order chi connectivity index (χ1) is 18.7. The number of aryl methyl sites for hydroxylation is 3. The van der Waals surface area contributed by atoms with Gasteiger partial charge in [-0.25, -0.2) is 5.43 Å². The highest BCUT2D eigenvalue weighted by Crippen LogP contribution is 2.39.